The van der Waals surface area contributed by atoms with Crippen LogP contribution in [0.2, 0.25) is 0 Å². The molecule has 4 nitrogen and oxygen atoms in total. The van der Waals surface area contributed by atoms with E-state index >= 15 is 0 Å². The first kappa shape index (κ1) is 16.5. The number of carbonyl (C=O) groups excluding carboxylic acids is 1. The minimum absolute atomic E-state index is 0.0962. The molecule has 2 rings (SSSR count). The Morgan fingerprint density at radius 2 is 1.91 bits per heavy atom. The first-order chi connectivity index (χ1) is 10.5. The Hall–Kier alpha value is -1.92. The predicted octanol–water partition coefficient (Wildman–Crippen LogP) is 3.68. The summed E-state index contributed by atoms with van der Waals surface area (Å²) in [7, 11) is 0. The van der Waals surface area contributed by atoms with Gasteiger partial charge in [0.1, 0.15) is 0 Å². The molecule has 0 atom stereocenters. The van der Waals surface area contributed by atoms with Gasteiger partial charge in [-0.05, 0) is 64.9 Å². The van der Waals surface area contributed by atoms with Crippen LogP contribution in [0.3, 0.4) is 0 Å². The number of carbonyl (C=O) groups is 1. The zero-order valence-corrected chi connectivity index (χ0v) is 14.4. The lowest BCUT2D eigenvalue weighted by Gasteiger charge is -2.11. The molecule has 2 aromatic rings. The summed E-state index contributed by atoms with van der Waals surface area (Å²) in [6, 6.07) is 15.3. The molecule has 0 saturated carbocycles. The molecule has 0 spiro atoms. The van der Waals surface area contributed by atoms with Crippen LogP contribution in [0.25, 0.3) is 0 Å². The number of para-hydroxylation sites is 1. The van der Waals surface area contributed by atoms with E-state index in [1.807, 2.05) is 55.5 Å². The molecule has 0 heterocycles. The molecule has 0 fully saturated rings. The number of hydrogen-bond acceptors (Lipinski definition) is 2. The number of anilines is 2. The highest BCUT2D eigenvalue weighted by molar-refractivity contribution is 9.10. The maximum absolute atomic E-state index is 11.9. The van der Waals surface area contributed by atoms with Crippen molar-refractivity contribution in [1.29, 1.82) is 0 Å². The van der Waals surface area contributed by atoms with Crippen LogP contribution in [0, 0.1) is 6.92 Å². The molecule has 0 aliphatic rings. The molecule has 3 N–H and O–H groups in total. The largest absolute Gasteiger partial charge is 0.353 e. The lowest BCUT2D eigenvalue weighted by Crippen LogP contribution is -2.35. The molecular weight excluding hydrogens is 362 g/mol. The number of hydrogen-bond donors (Lipinski definition) is 3. The molecule has 2 aromatic carbocycles. The molecule has 22 heavy (non-hydrogen) atoms. The van der Waals surface area contributed by atoms with Gasteiger partial charge in [-0.1, -0.05) is 24.3 Å². The van der Waals surface area contributed by atoms with E-state index < -0.39 is 0 Å². The molecular formula is C16H16BrN3OS. The summed E-state index contributed by atoms with van der Waals surface area (Å²) in [4.78, 5) is 11.9. The van der Waals surface area contributed by atoms with Crippen LogP contribution in [0.15, 0.2) is 53.0 Å². The number of benzene rings is 2. The summed E-state index contributed by atoms with van der Waals surface area (Å²) in [6.45, 7) is 2.10. The average molecular weight is 378 g/mol. The fourth-order valence-electron chi connectivity index (χ4n) is 1.82. The van der Waals surface area contributed by atoms with Crippen molar-refractivity contribution in [1.82, 2.24) is 5.32 Å². The summed E-state index contributed by atoms with van der Waals surface area (Å²) < 4.78 is 0.837. The van der Waals surface area contributed by atoms with Crippen molar-refractivity contribution in [2.75, 3.05) is 17.2 Å². The molecule has 0 aliphatic carbocycles. The number of nitrogens with one attached hydrogen (secondary N) is 3. The highest BCUT2D eigenvalue weighted by Crippen LogP contribution is 2.20. The van der Waals surface area contributed by atoms with E-state index in [4.69, 9.17) is 12.2 Å². The van der Waals surface area contributed by atoms with Gasteiger partial charge in [0.15, 0.2) is 5.11 Å². The molecule has 114 valence electrons. The zero-order valence-electron chi connectivity index (χ0n) is 12.0. The standard InChI is InChI=1S/C16H16BrN3OS/c1-11-5-4-6-12(9-11)19-16(22)18-10-15(21)20-14-8-3-2-7-13(14)17/h2-9H,10H2,1H3,(H,20,21)(H2,18,19,22). The SMILES string of the molecule is Cc1cccc(NC(=S)NCC(=O)Nc2ccccc2Br)c1. The number of aryl methyl sites for hydroxylation is 1. The van der Waals surface area contributed by atoms with Crippen LogP contribution >= 0.6 is 28.1 Å². The van der Waals surface area contributed by atoms with E-state index in [9.17, 15) is 4.79 Å². The monoisotopic (exact) mass is 377 g/mol. The summed E-state index contributed by atoms with van der Waals surface area (Å²) in [6.07, 6.45) is 0. The summed E-state index contributed by atoms with van der Waals surface area (Å²) >= 11 is 8.56. The fraction of sp³-hybridized carbons (Fsp3) is 0.125. The maximum atomic E-state index is 11.9. The van der Waals surface area contributed by atoms with Gasteiger partial charge in [-0.2, -0.15) is 0 Å². The van der Waals surface area contributed by atoms with E-state index in [1.165, 1.54) is 0 Å². The van der Waals surface area contributed by atoms with Crippen molar-refractivity contribution < 1.29 is 4.79 Å². The predicted molar refractivity (Wildman–Crippen MR) is 98.2 cm³/mol. The van der Waals surface area contributed by atoms with Crippen LogP contribution in [-0.2, 0) is 4.79 Å². The van der Waals surface area contributed by atoms with Gasteiger partial charge in [0.05, 0.1) is 12.2 Å². The van der Waals surface area contributed by atoms with Crippen LogP contribution < -0.4 is 16.0 Å². The Morgan fingerprint density at radius 1 is 1.14 bits per heavy atom. The minimum atomic E-state index is -0.166. The molecule has 0 aliphatic heterocycles. The maximum Gasteiger partial charge on any atom is 0.243 e. The van der Waals surface area contributed by atoms with E-state index in [2.05, 4.69) is 31.9 Å². The number of amides is 1. The first-order valence-corrected chi connectivity index (χ1v) is 7.90. The normalized spacial score (nSPS) is 9.91. The van der Waals surface area contributed by atoms with Crippen LogP contribution in [0.1, 0.15) is 5.56 Å². The third-order valence-electron chi connectivity index (χ3n) is 2.83. The van der Waals surface area contributed by atoms with Gasteiger partial charge in [-0.3, -0.25) is 4.79 Å². The second-order valence-electron chi connectivity index (χ2n) is 4.71. The van der Waals surface area contributed by atoms with Crippen LogP contribution in [0.5, 0.6) is 0 Å². The van der Waals surface area contributed by atoms with Gasteiger partial charge in [0, 0.05) is 10.2 Å². The topological polar surface area (TPSA) is 53.2 Å². The third-order valence-corrected chi connectivity index (χ3v) is 3.77. The molecule has 6 heteroatoms. The van der Waals surface area contributed by atoms with Crippen molar-refractivity contribution in [3.8, 4) is 0 Å². The highest BCUT2D eigenvalue weighted by atomic mass is 79.9. The van der Waals surface area contributed by atoms with Crippen molar-refractivity contribution in [2.24, 2.45) is 0 Å². The average Bonchev–Trinajstić information content (AvgIpc) is 2.48. The molecule has 0 radical (unpaired) electrons. The summed E-state index contributed by atoms with van der Waals surface area (Å²) in [5, 5.41) is 9.14. The Morgan fingerprint density at radius 3 is 2.64 bits per heavy atom. The van der Waals surface area contributed by atoms with Crippen LogP contribution in [0.4, 0.5) is 11.4 Å². The summed E-state index contributed by atoms with van der Waals surface area (Å²) in [5.74, 6) is -0.166. The molecule has 0 saturated heterocycles. The molecule has 0 bridgehead atoms. The van der Waals surface area contributed by atoms with Gasteiger partial charge in [0.2, 0.25) is 5.91 Å². The minimum Gasteiger partial charge on any atom is -0.353 e. The van der Waals surface area contributed by atoms with E-state index in [0.29, 0.717) is 5.11 Å². The number of thiocarbonyl (C=S) groups is 1. The van der Waals surface area contributed by atoms with E-state index in [1.54, 1.807) is 0 Å². The van der Waals surface area contributed by atoms with Gasteiger partial charge in [-0.25, -0.2) is 0 Å². The molecule has 0 unspecified atom stereocenters. The Kier molecular flexibility index (Phi) is 5.91. The van der Waals surface area contributed by atoms with Crippen molar-refractivity contribution in [3.63, 3.8) is 0 Å². The van der Waals surface area contributed by atoms with Gasteiger partial charge in [-0.15, -0.1) is 0 Å². The van der Waals surface area contributed by atoms with E-state index in [-0.39, 0.29) is 12.5 Å². The molecule has 1 amide bonds. The second kappa shape index (κ2) is 7.91. The lowest BCUT2D eigenvalue weighted by molar-refractivity contribution is -0.115. The Labute approximate surface area is 143 Å². The third kappa shape index (κ3) is 5.13. The van der Waals surface area contributed by atoms with Crippen molar-refractivity contribution >= 4 is 50.5 Å². The number of halogens is 1. The smallest absolute Gasteiger partial charge is 0.243 e. The highest BCUT2D eigenvalue weighted by Gasteiger charge is 2.06. The first-order valence-electron chi connectivity index (χ1n) is 6.70. The fourth-order valence-corrected chi connectivity index (χ4v) is 2.39. The lowest BCUT2D eigenvalue weighted by atomic mass is 10.2. The van der Waals surface area contributed by atoms with E-state index in [0.717, 1.165) is 21.4 Å². The second-order valence-corrected chi connectivity index (χ2v) is 5.97. The quantitative estimate of drug-likeness (QED) is 0.711. The number of rotatable bonds is 4. The summed E-state index contributed by atoms with van der Waals surface area (Å²) in [5.41, 5.74) is 2.76. The van der Waals surface area contributed by atoms with Gasteiger partial charge >= 0.3 is 0 Å². The Balaban J connectivity index is 1.81. The Bertz CT molecular complexity index is 691. The van der Waals surface area contributed by atoms with Crippen molar-refractivity contribution in [2.45, 2.75) is 6.92 Å². The van der Waals surface area contributed by atoms with Crippen LogP contribution in [-0.4, -0.2) is 17.6 Å². The molecule has 0 aromatic heterocycles. The van der Waals surface area contributed by atoms with Gasteiger partial charge in [0.25, 0.3) is 0 Å². The zero-order chi connectivity index (χ0) is 15.9. The van der Waals surface area contributed by atoms with Gasteiger partial charge < -0.3 is 16.0 Å². The van der Waals surface area contributed by atoms with Crippen molar-refractivity contribution in [3.05, 3.63) is 58.6 Å².